The Morgan fingerprint density at radius 1 is 1.20 bits per heavy atom. The maximum absolute atomic E-state index is 12.2. The van der Waals surface area contributed by atoms with Gasteiger partial charge in [0, 0.05) is 12.0 Å². The number of nitrogen functional groups attached to an aromatic ring is 1. The maximum atomic E-state index is 12.2. The van der Waals surface area contributed by atoms with Gasteiger partial charge in [-0.15, -0.1) is 0 Å². The van der Waals surface area contributed by atoms with Crippen molar-refractivity contribution in [2.24, 2.45) is 5.92 Å². The first-order valence-corrected chi connectivity index (χ1v) is 6.59. The van der Waals surface area contributed by atoms with Gasteiger partial charge >= 0.3 is 0 Å². The summed E-state index contributed by atoms with van der Waals surface area (Å²) < 4.78 is 0. The lowest BCUT2D eigenvalue weighted by Crippen LogP contribution is -2.15. The number of anilines is 2. The fourth-order valence-corrected chi connectivity index (χ4v) is 2.44. The van der Waals surface area contributed by atoms with Crippen molar-refractivity contribution in [3.63, 3.8) is 0 Å². The van der Waals surface area contributed by atoms with Gasteiger partial charge in [0.1, 0.15) is 5.75 Å². The molecule has 2 aromatic carbocycles. The molecule has 3 rings (SSSR count). The summed E-state index contributed by atoms with van der Waals surface area (Å²) in [5.41, 5.74) is 7.88. The number of aromatic hydroxyl groups is 1. The molecule has 0 radical (unpaired) electrons. The molecule has 2 atom stereocenters. The quantitative estimate of drug-likeness (QED) is 0.592. The summed E-state index contributed by atoms with van der Waals surface area (Å²) >= 11 is 0. The van der Waals surface area contributed by atoms with Crippen molar-refractivity contribution in [1.29, 1.82) is 0 Å². The molecule has 102 valence electrons. The second kappa shape index (κ2) is 4.89. The van der Waals surface area contributed by atoms with Gasteiger partial charge < -0.3 is 16.2 Å². The number of hydrogen-bond donors (Lipinski definition) is 3. The number of phenolic OH excluding ortho intramolecular Hbond substituents is 1. The van der Waals surface area contributed by atoms with Crippen LogP contribution in [0.1, 0.15) is 17.9 Å². The van der Waals surface area contributed by atoms with Crippen molar-refractivity contribution < 1.29 is 9.90 Å². The van der Waals surface area contributed by atoms with Crippen LogP contribution in [0.15, 0.2) is 48.5 Å². The van der Waals surface area contributed by atoms with E-state index in [4.69, 9.17) is 5.73 Å². The Balaban J connectivity index is 1.67. The van der Waals surface area contributed by atoms with Crippen LogP contribution in [0.25, 0.3) is 0 Å². The average molecular weight is 268 g/mol. The molecule has 0 heterocycles. The van der Waals surface area contributed by atoms with E-state index < -0.39 is 0 Å². The molecule has 1 saturated carbocycles. The summed E-state index contributed by atoms with van der Waals surface area (Å²) in [6, 6.07) is 14.6. The van der Waals surface area contributed by atoms with E-state index in [1.807, 2.05) is 30.3 Å². The molecular weight excluding hydrogens is 252 g/mol. The van der Waals surface area contributed by atoms with Crippen LogP contribution in [0.4, 0.5) is 11.4 Å². The lowest BCUT2D eigenvalue weighted by atomic mass is 10.1. The van der Waals surface area contributed by atoms with E-state index in [1.54, 1.807) is 6.07 Å². The van der Waals surface area contributed by atoms with E-state index in [-0.39, 0.29) is 17.6 Å². The van der Waals surface area contributed by atoms with Crippen LogP contribution in [0.5, 0.6) is 5.75 Å². The van der Waals surface area contributed by atoms with Gasteiger partial charge in [0.05, 0.1) is 11.4 Å². The first kappa shape index (κ1) is 12.5. The summed E-state index contributed by atoms with van der Waals surface area (Å²) in [5, 5.41) is 12.1. The summed E-state index contributed by atoms with van der Waals surface area (Å²) in [6.45, 7) is 0. The van der Waals surface area contributed by atoms with Crippen molar-refractivity contribution in [2.75, 3.05) is 11.1 Å². The van der Waals surface area contributed by atoms with Gasteiger partial charge in [-0.05, 0) is 30.0 Å². The molecule has 0 spiro atoms. The van der Waals surface area contributed by atoms with Gasteiger partial charge in [-0.2, -0.15) is 0 Å². The number of benzene rings is 2. The molecular formula is C16H16N2O2. The van der Waals surface area contributed by atoms with Crippen LogP contribution < -0.4 is 11.1 Å². The summed E-state index contributed by atoms with van der Waals surface area (Å²) in [4.78, 5) is 12.2. The zero-order valence-electron chi connectivity index (χ0n) is 10.9. The Morgan fingerprint density at radius 2 is 1.95 bits per heavy atom. The normalized spacial score (nSPS) is 20.4. The van der Waals surface area contributed by atoms with E-state index in [0.717, 1.165) is 6.42 Å². The summed E-state index contributed by atoms with van der Waals surface area (Å²) in [6.07, 6.45) is 0.869. The molecule has 1 fully saturated rings. The van der Waals surface area contributed by atoms with Gasteiger partial charge in [0.2, 0.25) is 5.91 Å². The monoisotopic (exact) mass is 268 g/mol. The second-order valence-corrected chi connectivity index (χ2v) is 5.12. The van der Waals surface area contributed by atoms with Gasteiger partial charge in [-0.1, -0.05) is 30.3 Å². The van der Waals surface area contributed by atoms with Gasteiger partial charge in [0.25, 0.3) is 0 Å². The number of nitrogens with two attached hydrogens (primary N) is 1. The number of hydrogen-bond acceptors (Lipinski definition) is 3. The summed E-state index contributed by atoms with van der Waals surface area (Å²) in [5.74, 6) is 0.380. The molecule has 0 bridgehead atoms. The largest absolute Gasteiger partial charge is 0.508 e. The van der Waals surface area contributed by atoms with Crippen molar-refractivity contribution in [1.82, 2.24) is 0 Å². The Bertz CT molecular complexity index is 640. The van der Waals surface area contributed by atoms with Crippen LogP contribution in [0.3, 0.4) is 0 Å². The fraction of sp³-hybridized carbons (Fsp3) is 0.188. The average Bonchev–Trinajstić information content (AvgIpc) is 3.23. The molecule has 0 aromatic heterocycles. The fourth-order valence-electron chi connectivity index (χ4n) is 2.44. The molecule has 4 N–H and O–H groups in total. The van der Waals surface area contributed by atoms with Gasteiger partial charge in [0.15, 0.2) is 0 Å². The highest BCUT2D eigenvalue weighted by atomic mass is 16.3. The second-order valence-electron chi connectivity index (χ2n) is 5.12. The number of rotatable bonds is 3. The highest BCUT2D eigenvalue weighted by Crippen LogP contribution is 2.48. The lowest BCUT2D eigenvalue weighted by molar-refractivity contribution is -0.117. The maximum Gasteiger partial charge on any atom is 0.228 e. The predicted molar refractivity (Wildman–Crippen MR) is 78.4 cm³/mol. The number of carbonyl (C=O) groups excluding carboxylic acids is 1. The third kappa shape index (κ3) is 2.45. The van der Waals surface area contributed by atoms with Crippen molar-refractivity contribution in [3.05, 3.63) is 54.1 Å². The van der Waals surface area contributed by atoms with E-state index >= 15 is 0 Å². The van der Waals surface area contributed by atoms with E-state index in [2.05, 4.69) is 5.32 Å². The minimum absolute atomic E-state index is 0.00519. The zero-order chi connectivity index (χ0) is 14.1. The standard InChI is InChI=1S/C16H16N2O2/c17-14-8-11(19)6-7-15(14)18-16(20)13-9-12(13)10-4-2-1-3-5-10/h1-8,12-13,19H,9,17H2,(H,18,20). The lowest BCUT2D eigenvalue weighted by Gasteiger charge is -2.08. The molecule has 2 aromatic rings. The van der Waals surface area contributed by atoms with Crippen molar-refractivity contribution >= 4 is 17.3 Å². The minimum Gasteiger partial charge on any atom is -0.508 e. The molecule has 1 aliphatic rings. The number of phenols is 1. The summed E-state index contributed by atoms with van der Waals surface area (Å²) in [7, 11) is 0. The smallest absolute Gasteiger partial charge is 0.228 e. The molecule has 2 unspecified atom stereocenters. The Labute approximate surface area is 117 Å². The number of amides is 1. The Hall–Kier alpha value is -2.49. The Kier molecular flexibility index (Phi) is 3.06. The molecule has 1 aliphatic carbocycles. The third-order valence-electron chi connectivity index (χ3n) is 3.65. The van der Waals surface area contributed by atoms with Crippen LogP contribution in [0, 0.1) is 5.92 Å². The highest BCUT2D eigenvalue weighted by Gasteiger charge is 2.43. The highest BCUT2D eigenvalue weighted by molar-refractivity contribution is 5.97. The zero-order valence-corrected chi connectivity index (χ0v) is 10.9. The van der Waals surface area contributed by atoms with Crippen molar-refractivity contribution in [2.45, 2.75) is 12.3 Å². The SMILES string of the molecule is Nc1cc(O)ccc1NC(=O)C1CC1c1ccccc1. The van der Waals surface area contributed by atoms with Gasteiger partial charge in [-0.25, -0.2) is 0 Å². The van der Waals surface area contributed by atoms with E-state index in [0.29, 0.717) is 17.3 Å². The minimum atomic E-state index is -0.0174. The van der Waals surface area contributed by atoms with Crippen LogP contribution >= 0.6 is 0 Å². The Morgan fingerprint density at radius 3 is 2.65 bits per heavy atom. The van der Waals surface area contributed by atoms with Crippen molar-refractivity contribution in [3.8, 4) is 5.75 Å². The topological polar surface area (TPSA) is 75.3 Å². The van der Waals surface area contributed by atoms with Gasteiger partial charge in [-0.3, -0.25) is 4.79 Å². The first-order valence-electron chi connectivity index (χ1n) is 6.59. The number of carbonyl (C=O) groups is 1. The number of nitrogens with one attached hydrogen (secondary N) is 1. The van der Waals surface area contributed by atoms with E-state index in [1.165, 1.54) is 17.7 Å². The van der Waals surface area contributed by atoms with Crippen LogP contribution in [-0.4, -0.2) is 11.0 Å². The first-order chi connectivity index (χ1) is 9.65. The third-order valence-corrected chi connectivity index (χ3v) is 3.65. The molecule has 4 heteroatoms. The van der Waals surface area contributed by atoms with Crippen LogP contribution in [-0.2, 0) is 4.79 Å². The molecule has 20 heavy (non-hydrogen) atoms. The van der Waals surface area contributed by atoms with E-state index in [9.17, 15) is 9.90 Å². The molecule has 1 amide bonds. The van der Waals surface area contributed by atoms with Crippen LogP contribution in [0.2, 0.25) is 0 Å². The molecule has 0 aliphatic heterocycles. The predicted octanol–water partition coefficient (Wildman–Crippen LogP) is 2.72. The molecule has 0 saturated heterocycles. The molecule has 4 nitrogen and oxygen atoms in total.